The molecule has 8 nitrogen and oxygen atoms in total. The molecule has 3 aromatic rings. The zero-order chi connectivity index (χ0) is 29.0. The highest BCUT2D eigenvalue weighted by atomic mass is 16.6. The van der Waals surface area contributed by atoms with Gasteiger partial charge in [-0.1, -0.05) is 48.5 Å². The van der Waals surface area contributed by atoms with E-state index in [1.54, 1.807) is 9.80 Å². The minimum Gasteiger partial charge on any atom is -0.493 e. The van der Waals surface area contributed by atoms with Gasteiger partial charge in [0.15, 0.2) is 0 Å². The monoisotopic (exact) mass is 557 g/mol. The Morgan fingerprint density at radius 2 is 1.61 bits per heavy atom. The Bertz CT molecular complexity index is 1380. The second-order valence-electron chi connectivity index (χ2n) is 11.8. The summed E-state index contributed by atoms with van der Waals surface area (Å²) in [6, 6.07) is 21.7. The number of rotatable bonds is 5. The van der Waals surface area contributed by atoms with E-state index in [4.69, 9.17) is 19.2 Å². The molecule has 2 aliphatic heterocycles. The van der Waals surface area contributed by atoms with Crippen LogP contribution in [0.25, 0.3) is 11.3 Å². The zero-order valence-electron chi connectivity index (χ0n) is 24.4. The number of carbonyl (C=O) groups is 2. The van der Waals surface area contributed by atoms with Gasteiger partial charge in [-0.25, -0.2) is 9.59 Å². The molecule has 0 bridgehead atoms. The highest BCUT2D eigenvalue weighted by molar-refractivity contribution is 5.71. The van der Waals surface area contributed by atoms with Crippen LogP contribution in [0.15, 0.2) is 66.7 Å². The second-order valence-corrected chi connectivity index (χ2v) is 11.8. The molecule has 2 aromatic carbocycles. The maximum absolute atomic E-state index is 13.4. The minimum atomic E-state index is -0.554. The van der Waals surface area contributed by atoms with Crippen molar-refractivity contribution in [2.24, 2.45) is 0 Å². The van der Waals surface area contributed by atoms with Crippen LogP contribution in [0.2, 0.25) is 0 Å². The quantitative estimate of drug-likeness (QED) is 0.353. The third kappa shape index (κ3) is 6.47. The fourth-order valence-electron chi connectivity index (χ4n) is 5.71. The van der Waals surface area contributed by atoms with E-state index in [0.717, 1.165) is 33.8 Å². The van der Waals surface area contributed by atoms with Crippen molar-refractivity contribution in [3.8, 4) is 17.0 Å². The van der Waals surface area contributed by atoms with Crippen LogP contribution in [0.3, 0.4) is 0 Å². The van der Waals surface area contributed by atoms with Gasteiger partial charge in [0.25, 0.3) is 0 Å². The SMILES string of the molecule is CCOc1ccccc1-c1ccc2c(n1)CN(C(=O)OCc1ccccc1)CC21CCN(C(=O)OC(C)(C)C)CC1. The number of benzene rings is 2. The first-order chi connectivity index (χ1) is 19.7. The molecule has 1 spiro atoms. The lowest BCUT2D eigenvalue weighted by atomic mass is 9.70. The van der Waals surface area contributed by atoms with Crippen molar-refractivity contribution >= 4 is 12.2 Å². The number of para-hydroxylation sites is 1. The molecule has 1 aromatic heterocycles. The van der Waals surface area contributed by atoms with Gasteiger partial charge in [0.05, 0.1) is 24.5 Å². The molecule has 0 saturated carbocycles. The molecule has 0 aliphatic carbocycles. The van der Waals surface area contributed by atoms with Gasteiger partial charge in [-0.05, 0) is 69.9 Å². The van der Waals surface area contributed by atoms with Crippen LogP contribution in [0.1, 0.15) is 57.4 Å². The first kappa shape index (κ1) is 28.5. The number of nitrogens with zero attached hydrogens (tertiary/aromatic N) is 3. The number of aromatic nitrogens is 1. The number of amides is 2. The molecule has 0 radical (unpaired) electrons. The number of pyridine rings is 1. The lowest BCUT2D eigenvalue weighted by Crippen LogP contribution is -2.54. The first-order valence-corrected chi connectivity index (χ1v) is 14.3. The topological polar surface area (TPSA) is 81.2 Å². The summed E-state index contributed by atoms with van der Waals surface area (Å²) in [6.45, 7) is 10.3. The van der Waals surface area contributed by atoms with Gasteiger partial charge in [-0.2, -0.15) is 0 Å². The van der Waals surface area contributed by atoms with Crippen LogP contribution < -0.4 is 4.74 Å². The molecule has 5 rings (SSSR count). The van der Waals surface area contributed by atoms with Crippen LogP contribution >= 0.6 is 0 Å². The van der Waals surface area contributed by atoms with Crippen molar-refractivity contribution in [1.82, 2.24) is 14.8 Å². The molecule has 0 atom stereocenters. The highest BCUT2D eigenvalue weighted by Crippen LogP contribution is 2.43. The van der Waals surface area contributed by atoms with Gasteiger partial charge >= 0.3 is 12.2 Å². The molecule has 0 unspecified atom stereocenters. The van der Waals surface area contributed by atoms with Crippen molar-refractivity contribution < 1.29 is 23.8 Å². The van der Waals surface area contributed by atoms with Crippen LogP contribution in [-0.4, -0.2) is 58.8 Å². The number of carbonyl (C=O) groups excluding carboxylic acids is 2. The predicted octanol–water partition coefficient (Wildman–Crippen LogP) is 6.57. The minimum absolute atomic E-state index is 0.206. The van der Waals surface area contributed by atoms with E-state index in [1.807, 2.05) is 88.4 Å². The van der Waals surface area contributed by atoms with Gasteiger partial charge in [0, 0.05) is 30.6 Å². The molecule has 216 valence electrons. The lowest BCUT2D eigenvalue weighted by Gasteiger charge is -2.47. The van der Waals surface area contributed by atoms with Crippen LogP contribution in [-0.2, 0) is 28.0 Å². The number of ether oxygens (including phenoxy) is 3. The van der Waals surface area contributed by atoms with E-state index in [-0.39, 0.29) is 24.2 Å². The van der Waals surface area contributed by atoms with Crippen LogP contribution in [0.5, 0.6) is 5.75 Å². The van der Waals surface area contributed by atoms with Crippen molar-refractivity contribution in [3.05, 3.63) is 83.6 Å². The van der Waals surface area contributed by atoms with E-state index in [1.165, 1.54) is 0 Å². The van der Waals surface area contributed by atoms with E-state index < -0.39 is 5.60 Å². The van der Waals surface area contributed by atoms with Gasteiger partial charge in [-0.15, -0.1) is 0 Å². The van der Waals surface area contributed by atoms with Gasteiger partial charge in [-0.3, -0.25) is 4.98 Å². The smallest absolute Gasteiger partial charge is 0.410 e. The summed E-state index contributed by atoms with van der Waals surface area (Å²) >= 11 is 0. The Morgan fingerprint density at radius 1 is 0.902 bits per heavy atom. The molecule has 1 saturated heterocycles. The Morgan fingerprint density at radius 3 is 2.32 bits per heavy atom. The lowest BCUT2D eigenvalue weighted by molar-refractivity contribution is 0.0114. The average molecular weight is 558 g/mol. The van der Waals surface area contributed by atoms with Crippen molar-refractivity contribution in [3.63, 3.8) is 0 Å². The summed E-state index contributed by atoms with van der Waals surface area (Å²) < 4.78 is 17.3. The van der Waals surface area contributed by atoms with Gasteiger partial charge < -0.3 is 24.0 Å². The van der Waals surface area contributed by atoms with E-state index >= 15 is 0 Å². The third-order valence-corrected chi connectivity index (χ3v) is 7.68. The van der Waals surface area contributed by atoms with E-state index in [9.17, 15) is 9.59 Å². The second kappa shape index (κ2) is 11.8. The highest BCUT2D eigenvalue weighted by Gasteiger charge is 2.45. The summed E-state index contributed by atoms with van der Waals surface area (Å²) in [5.41, 5.74) is 3.73. The molecular formula is C33H39N3O5. The maximum atomic E-state index is 13.4. The van der Waals surface area contributed by atoms with Crippen LogP contribution in [0, 0.1) is 0 Å². The van der Waals surface area contributed by atoms with Crippen molar-refractivity contribution in [1.29, 1.82) is 0 Å². The predicted molar refractivity (Wildman–Crippen MR) is 157 cm³/mol. The molecule has 3 heterocycles. The Balaban J connectivity index is 1.43. The summed E-state index contributed by atoms with van der Waals surface area (Å²) in [4.78, 5) is 34.8. The molecule has 8 heteroatoms. The number of hydrogen-bond acceptors (Lipinski definition) is 6. The fourth-order valence-corrected chi connectivity index (χ4v) is 5.71. The largest absolute Gasteiger partial charge is 0.493 e. The van der Waals surface area contributed by atoms with Gasteiger partial charge in [0.2, 0.25) is 0 Å². The summed E-state index contributed by atoms with van der Waals surface area (Å²) in [7, 11) is 0. The van der Waals surface area contributed by atoms with E-state index in [0.29, 0.717) is 45.6 Å². The van der Waals surface area contributed by atoms with E-state index in [2.05, 4.69) is 6.07 Å². The van der Waals surface area contributed by atoms with Crippen LogP contribution in [0.4, 0.5) is 9.59 Å². The summed E-state index contributed by atoms with van der Waals surface area (Å²) in [5, 5.41) is 0. The number of piperidine rings is 1. The molecular weight excluding hydrogens is 518 g/mol. The number of fused-ring (bicyclic) bond motifs is 2. The Labute approximate surface area is 242 Å². The van der Waals surface area contributed by atoms with Crippen molar-refractivity contribution in [2.45, 2.75) is 64.7 Å². The molecule has 0 N–H and O–H groups in total. The normalized spacial score (nSPS) is 16.2. The molecule has 2 amide bonds. The summed E-state index contributed by atoms with van der Waals surface area (Å²) in [5.74, 6) is 0.776. The molecule has 2 aliphatic rings. The number of hydrogen-bond donors (Lipinski definition) is 0. The van der Waals surface area contributed by atoms with Gasteiger partial charge in [0.1, 0.15) is 18.0 Å². The Hall–Kier alpha value is -4.07. The third-order valence-electron chi connectivity index (χ3n) is 7.68. The average Bonchev–Trinajstić information content (AvgIpc) is 2.96. The maximum Gasteiger partial charge on any atom is 0.410 e. The first-order valence-electron chi connectivity index (χ1n) is 14.3. The Kier molecular flexibility index (Phi) is 8.20. The fraction of sp³-hybridized carbons (Fsp3) is 0.424. The van der Waals surface area contributed by atoms with Crippen molar-refractivity contribution in [2.75, 3.05) is 26.2 Å². The standard InChI is InChI=1S/C33H39N3O5/c1-5-39-29-14-10-9-13-25(29)27-16-15-26-28(34-27)21-36(30(37)40-22-24-11-7-6-8-12-24)23-33(26)17-19-35(20-18-33)31(38)41-32(2,3)4/h6-16H,5,17-23H2,1-4H3. The molecule has 1 fully saturated rings. The summed E-state index contributed by atoms with van der Waals surface area (Å²) in [6.07, 6.45) is 0.718. The zero-order valence-corrected chi connectivity index (χ0v) is 24.4. The molecule has 41 heavy (non-hydrogen) atoms. The number of likely N-dealkylation sites (tertiary alicyclic amines) is 1.